The molecule has 0 saturated heterocycles. The van der Waals surface area contributed by atoms with Crippen molar-refractivity contribution in [3.8, 4) is 0 Å². The summed E-state index contributed by atoms with van der Waals surface area (Å²) in [5.74, 6) is -0.971. The van der Waals surface area contributed by atoms with Crippen LogP contribution < -0.4 is 4.31 Å². The van der Waals surface area contributed by atoms with Crippen LogP contribution in [-0.4, -0.2) is 28.3 Å². The third-order valence-electron chi connectivity index (χ3n) is 5.56. The van der Waals surface area contributed by atoms with Gasteiger partial charge < -0.3 is 5.11 Å². The minimum atomic E-state index is -3.75. The fourth-order valence-corrected chi connectivity index (χ4v) is 7.28. The van der Waals surface area contributed by atoms with E-state index < -0.39 is 27.1 Å². The summed E-state index contributed by atoms with van der Waals surface area (Å²) in [6, 6.07) is 25.0. The lowest BCUT2D eigenvalue weighted by molar-refractivity contribution is 0.0697. The first-order valence-corrected chi connectivity index (χ1v) is 14.3. The number of carboxylic acids is 1. The zero-order valence-electron chi connectivity index (χ0n) is 19.0. The minimum absolute atomic E-state index is 0.0847. The van der Waals surface area contributed by atoms with Gasteiger partial charge in [0.25, 0.3) is 11.3 Å². The molecule has 1 atom stereocenters. The van der Waals surface area contributed by atoms with Crippen molar-refractivity contribution in [3.05, 3.63) is 108 Å². The number of nitrogens with zero attached hydrogens (tertiary/aromatic N) is 1. The summed E-state index contributed by atoms with van der Waals surface area (Å²) < 4.78 is 49.9. The summed E-state index contributed by atoms with van der Waals surface area (Å²) in [5, 5.41) is 9.38. The number of hydrogen-bond donors (Lipinski definition) is 2. The second-order valence-corrected chi connectivity index (χ2v) is 12.0. The van der Waals surface area contributed by atoms with Gasteiger partial charge in [0.05, 0.1) is 16.1 Å². The lowest BCUT2D eigenvalue weighted by Gasteiger charge is -2.21. The Kier molecular flexibility index (Phi) is 8.00. The molecule has 0 aliphatic rings. The standard InChI is InChI=1S/C26H23NO6S3/c28-26(29)21-15-13-19(14-16-21)7-6-9-20-8-4-5-12-23(20)27(35(30)31)24-17-18-25(34-24)36(32,33)22-10-2-1-3-11-22/h1-5,8,10-18H,6-7,9H2,(H,28,29)(H,30,31). The highest BCUT2D eigenvalue weighted by Gasteiger charge is 2.25. The van der Waals surface area contributed by atoms with Crippen molar-refractivity contribution < 1.29 is 27.1 Å². The van der Waals surface area contributed by atoms with Crippen molar-refractivity contribution in [2.75, 3.05) is 4.31 Å². The monoisotopic (exact) mass is 541 g/mol. The Morgan fingerprint density at radius 1 is 0.861 bits per heavy atom. The molecule has 1 heterocycles. The van der Waals surface area contributed by atoms with Gasteiger partial charge in [-0.1, -0.05) is 48.5 Å². The number of benzene rings is 3. The third kappa shape index (κ3) is 5.73. The lowest BCUT2D eigenvalue weighted by atomic mass is 10.0. The second kappa shape index (κ2) is 11.2. The van der Waals surface area contributed by atoms with Crippen LogP contribution in [0, 0.1) is 0 Å². The van der Waals surface area contributed by atoms with E-state index in [9.17, 15) is 22.0 Å². The van der Waals surface area contributed by atoms with Gasteiger partial charge in [0.1, 0.15) is 9.21 Å². The number of para-hydroxylation sites is 1. The van der Waals surface area contributed by atoms with Crippen molar-refractivity contribution >= 4 is 49.1 Å². The number of sulfone groups is 1. The zero-order chi connectivity index (χ0) is 25.7. The van der Waals surface area contributed by atoms with E-state index in [0.29, 0.717) is 23.5 Å². The van der Waals surface area contributed by atoms with Gasteiger partial charge in [-0.05, 0) is 72.9 Å². The van der Waals surface area contributed by atoms with Crippen LogP contribution >= 0.6 is 11.3 Å². The van der Waals surface area contributed by atoms with Gasteiger partial charge in [0.2, 0.25) is 9.84 Å². The van der Waals surface area contributed by atoms with Crippen molar-refractivity contribution in [1.82, 2.24) is 0 Å². The smallest absolute Gasteiger partial charge is 0.335 e. The zero-order valence-corrected chi connectivity index (χ0v) is 21.4. The quantitative estimate of drug-likeness (QED) is 0.248. The molecule has 4 rings (SSSR count). The predicted octanol–water partition coefficient (Wildman–Crippen LogP) is 5.73. The number of aryl methyl sites for hydroxylation is 2. The number of hydrogen-bond acceptors (Lipinski definition) is 5. The topological polar surface area (TPSA) is 112 Å². The van der Waals surface area contributed by atoms with E-state index in [0.717, 1.165) is 28.9 Å². The molecule has 0 spiro atoms. The van der Waals surface area contributed by atoms with Crippen LogP contribution in [0.25, 0.3) is 0 Å². The molecule has 2 N–H and O–H groups in total. The Morgan fingerprint density at radius 2 is 1.53 bits per heavy atom. The van der Waals surface area contributed by atoms with E-state index in [-0.39, 0.29) is 14.7 Å². The molecule has 0 fully saturated rings. The van der Waals surface area contributed by atoms with Gasteiger partial charge in [0.15, 0.2) is 0 Å². The highest BCUT2D eigenvalue weighted by Crippen LogP contribution is 2.38. The molecular weight excluding hydrogens is 518 g/mol. The molecule has 0 aliphatic heterocycles. The summed E-state index contributed by atoms with van der Waals surface area (Å²) in [5.41, 5.74) is 2.58. The maximum Gasteiger partial charge on any atom is 0.335 e. The molecule has 0 amide bonds. The molecule has 0 aliphatic carbocycles. The van der Waals surface area contributed by atoms with Crippen molar-refractivity contribution in [2.24, 2.45) is 0 Å². The van der Waals surface area contributed by atoms with E-state index >= 15 is 0 Å². The van der Waals surface area contributed by atoms with Crippen LogP contribution in [0.1, 0.15) is 27.9 Å². The molecule has 7 nitrogen and oxygen atoms in total. The second-order valence-electron chi connectivity index (χ2n) is 7.92. The molecule has 0 saturated carbocycles. The van der Waals surface area contributed by atoms with Crippen LogP contribution in [0.3, 0.4) is 0 Å². The van der Waals surface area contributed by atoms with Gasteiger partial charge in [-0.2, -0.15) is 0 Å². The SMILES string of the molecule is O=C(O)c1ccc(CCCc2ccccc2N(c2ccc(S(=O)(=O)c3ccccc3)s2)S(=O)O)cc1. The average molecular weight is 542 g/mol. The highest BCUT2D eigenvalue weighted by atomic mass is 32.2. The molecule has 1 aromatic heterocycles. The Morgan fingerprint density at radius 3 is 2.19 bits per heavy atom. The maximum absolute atomic E-state index is 13.0. The summed E-state index contributed by atoms with van der Waals surface area (Å²) in [6.45, 7) is 0. The first-order chi connectivity index (χ1) is 17.3. The van der Waals surface area contributed by atoms with E-state index in [4.69, 9.17) is 5.11 Å². The van der Waals surface area contributed by atoms with E-state index in [1.54, 1.807) is 54.6 Å². The molecule has 0 bridgehead atoms. The van der Waals surface area contributed by atoms with Gasteiger partial charge >= 0.3 is 5.97 Å². The first-order valence-electron chi connectivity index (χ1n) is 11.0. The normalized spacial score (nSPS) is 12.2. The van der Waals surface area contributed by atoms with Gasteiger partial charge in [-0.15, -0.1) is 11.3 Å². The van der Waals surface area contributed by atoms with Crippen LogP contribution in [0.15, 0.2) is 100 Å². The van der Waals surface area contributed by atoms with E-state index in [2.05, 4.69) is 0 Å². The number of thiophene rings is 1. The number of rotatable bonds is 10. The summed E-state index contributed by atoms with van der Waals surface area (Å²) >= 11 is -1.49. The fourth-order valence-electron chi connectivity index (χ4n) is 3.78. The van der Waals surface area contributed by atoms with E-state index in [1.165, 1.54) is 28.6 Å². The molecule has 0 radical (unpaired) electrons. The summed E-state index contributed by atoms with van der Waals surface area (Å²) in [7, 11) is -3.75. The van der Waals surface area contributed by atoms with E-state index in [1.807, 2.05) is 12.1 Å². The van der Waals surface area contributed by atoms with Gasteiger partial charge in [-0.3, -0.25) is 4.55 Å². The highest BCUT2D eigenvalue weighted by molar-refractivity contribution is 7.93. The van der Waals surface area contributed by atoms with Crippen LogP contribution in [0.2, 0.25) is 0 Å². The third-order valence-corrected chi connectivity index (χ3v) is 9.72. The van der Waals surface area contributed by atoms with Crippen LogP contribution in [-0.2, 0) is 33.9 Å². The fraction of sp³-hybridized carbons (Fsp3) is 0.115. The van der Waals surface area contributed by atoms with Crippen LogP contribution in [0.5, 0.6) is 0 Å². The average Bonchev–Trinajstić information content (AvgIpc) is 3.36. The first kappa shape index (κ1) is 25.8. The minimum Gasteiger partial charge on any atom is -0.478 e. The van der Waals surface area contributed by atoms with Gasteiger partial charge in [0, 0.05) is 0 Å². The summed E-state index contributed by atoms with van der Waals surface area (Å²) in [4.78, 5) is 11.2. The van der Waals surface area contributed by atoms with Crippen molar-refractivity contribution in [3.63, 3.8) is 0 Å². The van der Waals surface area contributed by atoms with Crippen LogP contribution in [0.4, 0.5) is 10.7 Å². The number of aromatic carboxylic acids is 1. The Bertz CT molecular complexity index is 1480. The Labute approximate surface area is 216 Å². The summed E-state index contributed by atoms with van der Waals surface area (Å²) in [6.07, 6.45) is 2.04. The largest absolute Gasteiger partial charge is 0.478 e. The molecule has 186 valence electrons. The molecule has 10 heteroatoms. The molecule has 3 aromatic carbocycles. The number of carbonyl (C=O) groups is 1. The number of carboxylic acid groups (broad SMARTS) is 1. The Hall–Kier alpha value is -3.31. The maximum atomic E-state index is 13.0. The predicted molar refractivity (Wildman–Crippen MR) is 141 cm³/mol. The van der Waals surface area contributed by atoms with Crippen molar-refractivity contribution in [1.29, 1.82) is 0 Å². The lowest BCUT2D eigenvalue weighted by Crippen LogP contribution is -2.19. The molecule has 4 aromatic rings. The molecule has 36 heavy (non-hydrogen) atoms. The molecular formula is C26H23NO6S3. The van der Waals surface area contributed by atoms with Gasteiger partial charge in [-0.25, -0.2) is 21.7 Å². The molecule has 1 unspecified atom stereocenters. The number of anilines is 2. The van der Waals surface area contributed by atoms with Crippen molar-refractivity contribution in [2.45, 2.75) is 28.4 Å². The Balaban J connectivity index is 1.56.